The van der Waals surface area contributed by atoms with Crippen molar-refractivity contribution < 1.29 is 33.4 Å². The summed E-state index contributed by atoms with van der Waals surface area (Å²) in [5.41, 5.74) is 1.33. The van der Waals surface area contributed by atoms with Gasteiger partial charge in [-0.25, -0.2) is 4.79 Å². The van der Waals surface area contributed by atoms with Crippen molar-refractivity contribution >= 4 is 41.2 Å². The molecule has 0 aromatic heterocycles. The molecule has 0 aliphatic carbocycles. The monoisotopic (exact) mass is 509 g/mol. The third-order valence-corrected chi connectivity index (χ3v) is 6.39. The van der Waals surface area contributed by atoms with Crippen molar-refractivity contribution in [1.82, 2.24) is 5.32 Å². The van der Waals surface area contributed by atoms with Gasteiger partial charge in [0.1, 0.15) is 11.7 Å². The molecule has 2 aromatic carbocycles. The zero-order valence-corrected chi connectivity index (χ0v) is 20.5. The van der Waals surface area contributed by atoms with Crippen molar-refractivity contribution in [3.05, 3.63) is 70.3 Å². The molecule has 0 spiro atoms. The number of methoxy groups -OCH3 is 3. The number of nitriles is 1. The van der Waals surface area contributed by atoms with Crippen LogP contribution in [-0.2, 0) is 23.9 Å². The predicted molar refractivity (Wildman–Crippen MR) is 131 cm³/mol. The number of anilines is 1. The van der Waals surface area contributed by atoms with Crippen molar-refractivity contribution in [3.8, 4) is 11.8 Å². The Balaban J connectivity index is 1.89. The molecule has 2 amide bonds. The van der Waals surface area contributed by atoms with E-state index in [-0.39, 0.29) is 27.8 Å². The van der Waals surface area contributed by atoms with Gasteiger partial charge >= 0.3 is 11.9 Å². The number of benzene rings is 2. The van der Waals surface area contributed by atoms with Gasteiger partial charge in [0.2, 0.25) is 11.8 Å². The summed E-state index contributed by atoms with van der Waals surface area (Å²) < 4.78 is 14.7. The molecule has 3 rings (SSSR count). The fourth-order valence-electron chi connectivity index (χ4n) is 3.66. The van der Waals surface area contributed by atoms with Crippen molar-refractivity contribution in [2.24, 2.45) is 5.92 Å². The topological polar surface area (TPSA) is 144 Å². The first-order valence-corrected chi connectivity index (χ1v) is 11.6. The molecule has 0 saturated carbocycles. The maximum Gasteiger partial charge on any atom is 0.337 e. The van der Waals surface area contributed by atoms with Crippen LogP contribution in [0.2, 0.25) is 0 Å². The Hall–Kier alpha value is -4.30. The molecule has 2 atom stereocenters. The second-order valence-electron chi connectivity index (χ2n) is 7.50. The zero-order chi connectivity index (χ0) is 26.2. The highest BCUT2D eigenvalue weighted by Gasteiger charge is 2.44. The Morgan fingerprint density at radius 1 is 1.08 bits per heavy atom. The summed E-state index contributed by atoms with van der Waals surface area (Å²) in [7, 11) is 3.91. The molecule has 0 bridgehead atoms. The molecule has 1 aliphatic heterocycles. The number of nitrogens with zero attached hydrogens (tertiary/aromatic N) is 1. The van der Waals surface area contributed by atoms with Gasteiger partial charge in [0.05, 0.1) is 49.3 Å². The van der Waals surface area contributed by atoms with E-state index in [0.717, 1.165) is 18.9 Å². The van der Waals surface area contributed by atoms with Gasteiger partial charge in [-0.15, -0.1) is 0 Å². The number of allylic oxidation sites excluding steroid dienone is 1. The quantitative estimate of drug-likeness (QED) is 0.405. The van der Waals surface area contributed by atoms with Gasteiger partial charge < -0.3 is 24.8 Å². The van der Waals surface area contributed by atoms with Gasteiger partial charge in [0.25, 0.3) is 0 Å². The summed E-state index contributed by atoms with van der Waals surface area (Å²) in [5.74, 6) is -4.27. The average Bonchev–Trinajstić information content (AvgIpc) is 2.90. The normalized spacial score (nSPS) is 16.9. The summed E-state index contributed by atoms with van der Waals surface area (Å²) in [6, 6.07) is 14.9. The molecule has 1 heterocycles. The summed E-state index contributed by atoms with van der Waals surface area (Å²) in [6.07, 6.45) is 0. The molecule has 0 saturated heterocycles. The maximum atomic E-state index is 12.9. The van der Waals surface area contributed by atoms with Crippen LogP contribution in [0.25, 0.3) is 0 Å². The SMILES string of the molecule is COC(=O)c1ccc([C@H]2C(C#N)=C(SCC(=O)Nc3cccc(OC)c3)NC(=O)[C@H]2C(=O)OC)cc1. The van der Waals surface area contributed by atoms with Gasteiger partial charge in [-0.3, -0.25) is 14.4 Å². The van der Waals surface area contributed by atoms with Gasteiger partial charge in [-0.2, -0.15) is 5.26 Å². The second-order valence-corrected chi connectivity index (χ2v) is 8.49. The number of ether oxygens (including phenoxy) is 3. The number of hydrogen-bond donors (Lipinski definition) is 2. The van der Waals surface area contributed by atoms with Crippen LogP contribution in [0.4, 0.5) is 5.69 Å². The Kier molecular flexibility index (Phi) is 8.70. The first-order chi connectivity index (χ1) is 17.3. The highest BCUT2D eigenvalue weighted by atomic mass is 32.2. The standard InChI is InChI=1S/C25H23N3O7S/c1-33-17-6-4-5-16(11-17)27-19(29)13-36-23-18(12-26)20(21(22(30)28-23)25(32)35-3)14-7-9-15(10-8-14)24(31)34-2/h4-11,20-21H,13H2,1-3H3,(H,27,29)(H,28,30)/t20-,21-/m0/s1. The number of carbonyl (C=O) groups is 4. The van der Waals surface area contributed by atoms with Crippen molar-refractivity contribution in [2.75, 3.05) is 32.4 Å². The first kappa shape index (κ1) is 26.3. The molecular formula is C25H23N3O7S. The average molecular weight is 510 g/mol. The molecule has 186 valence electrons. The lowest BCUT2D eigenvalue weighted by molar-refractivity contribution is -0.150. The number of rotatable bonds is 8. The maximum absolute atomic E-state index is 12.9. The summed E-state index contributed by atoms with van der Waals surface area (Å²) >= 11 is 0.958. The highest BCUT2D eigenvalue weighted by molar-refractivity contribution is 8.03. The molecule has 10 nitrogen and oxygen atoms in total. The summed E-state index contributed by atoms with van der Waals surface area (Å²) in [4.78, 5) is 49.7. The lowest BCUT2D eigenvalue weighted by atomic mass is 9.78. The molecule has 36 heavy (non-hydrogen) atoms. The Labute approximate surface area is 211 Å². The van der Waals surface area contributed by atoms with Crippen LogP contribution in [0.15, 0.2) is 59.1 Å². The number of amides is 2. The van der Waals surface area contributed by atoms with Gasteiger partial charge in [0.15, 0.2) is 0 Å². The molecule has 0 radical (unpaired) electrons. The van der Waals surface area contributed by atoms with Crippen LogP contribution in [0, 0.1) is 17.2 Å². The van der Waals surface area contributed by atoms with E-state index < -0.39 is 29.7 Å². The molecule has 0 fully saturated rings. The fraction of sp³-hybridized carbons (Fsp3) is 0.240. The van der Waals surface area contributed by atoms with Crippen LogP contribution in [0.1, 0.15) is 21.8 Å². The minimum absolute atomic E-state index is 0.0926. The lowest BCUT2D eigenvalue weighted by Gasteiger charge is -2.31. The lowest BCUT2D eigenvalue weighted by Crippen LogP contribution is -2.44. The van der Waals surface area contributed by atoms with Gasteiger partial charge in [-0.1, -0.05) is 30.0 Å². The Morgan fingerprint density at radius 3 is 2.42 bits per heavy atom. The number of nitrogens with one attached hydrogen (secondary N) is 2. The van der Waals surface area contributed by atoms with Crippen molar-refractivity contribution in [3.63, 3.8) is 0 Å². The first-order valence-electron chi connectivity index (χ1n) is 10.6. The third kappa shape index (κ3) is 5.84. The van der Waals surface area contributed by atoms with Crippen molar-refractivity contribution in [1.29, 1.82) is 5.26 Å². The van der Waals surface area contributed by atoms with E-state index in [1.807, 2.05) is 0 Å². The van der Waals surface area contributed by atoms with E-state index in [9.17, 15) is 24.4 Å². The molecule has 2 aromatic rings. The molecule has 2 N–H and O–H groups in total. The van der Waals surface area contributed by atoms with E-state index in [2.05, 4.69) is 16.7 Å². The second kappa shape index (κ2) is 11.9. The Morgan fingerprint density at radius 2 is 1.81 bits per heavy atom. The Bertz CT molecular complexity index is 1250. The largest absolute Gasteiger partial charge is 0.497 e. The third-order valence-electron chi connectivity index (χ3n) is 5.38. The van der Waals surface area contributed by atoms with Crippen LogP contribution < -0.4 is 15.4 Å². The summed E-state index contributed by atoms with van der Waals surface area (Å²) in [6.45, 7) is 0. The van der Waals surface area contributed by atoms with Crippen LogP contribution in [-0.4, -0.2) is 50.8 Å². The minimum atomic E-state index is -1.33. The summed E-state index contributed by atoms with van der Waals surface area (Å²) in [5, 5.41) is 15.4. The number of hydrogen-bond acceptors (Lipinski definition) is 9. The van der Waals surface area contributed by atoms with E-state index in [1.165, 1.54) is 26.4 Å². The van der Waals surface area contributed by atoms with E-state index >= 15 is 0 Å². The zero-order valence-electron chi connectivity index (χ0n) is 19.7. The molecule has 11 heteroatoms. The highest BCUT2D eigenvalue weighted by Crippen LogP contribution is 2.40. The van der Waals surface area contributed by atoms with Crippen LogP contribution >= 0.6 is 11.8 Å². The number of carbonyl (C=O) groups excluding carboxylic acids is 4. The predicted octanol–water partition coefficient (Wildman–Crippen LogP) is 2.59. The molecular weight excluding hydrogens is 486 g/mol. The van der Waals surface area contributed by atoms with E-state index in [1.54, 1.807) is 36.4 Å². The van der Waals surface area contributed by atoms with E-state index in [4.69, 9.17) is 14.2 Å². The van der Waals surface area contributed by atoms with Crippen LogP contribution in [0.3, 0.4) is 0 Å². The fourth-order valence-corrected chi connectivity index (χ4v) is 4.51. The smallest absolute Gasteiger partial charge is 0.337 e. The van der Waals surface area contributed by atoms with Gasteiger partial charge in [0, 0.05) is 17.7 Å². The molecule has 0 unspecified atom stereocenters. The van der Waals surface area contributed by atoms with Gasteiger partial charge in [-0.05, 0) is 29.8 Å². The van der Waals surface area contributed by atoms with Crippen molar-refractivity contribution in [2.45, 2.75) is 5.92 Å². The number of thioether (sulfide) groups is 1. The minimum Gasteiger partial charge on any atom is -0.497 e. The molecule has 1 aliphatic rings. The van der Waals surface area contributed by atoms with Crippen LogP contribution in [0.5, 0.6) is 5.75 Å². The number of esters is 2. The van der Waals surface area contributed by atoms with E-state index in [0.29, 0.717) is 17.0 Å².